The van der Waals surface area contributed by atoms with E-state index in [9.17, 15) is 25.9 Å². The molecule has 0 amide bonds. The molecule has 21 heavy (non-hydrogen) atoms. The summed E-state index contributed by atoms with van der Waals surface area (Å²) in [7, 11) is -11.3. The topological polar surface area (TPSA) is 281 Å². The Labute approximate surface area is 134 Å². The number of hydrogen-bond donors (Lipinski definition) is 4. The summed E-state index contributed by atoms with van der Waals surface area (Å²) in [6, 6.07) is 0. The summed E-state index contributed by atoms with van der Waals surface area (Å²) in [4.78, 5) is 0. The molecule has 0 aliphatic rings. The van der Waals surface area contributed by atoms with E-state index >= 15 is 0 Å². The first-order valence-corrected chi connectivity index (χ1v) is 8.13. The predicted molar refractivity (Wildman–Crippen MR) is 72.1 cm³/mol. The molecule has 0 aliphatic carbocycles. The summed E-state index contributed by atoms with van der Waals surface area (Å²) in [5.74, 6) is 0. The van der Waals surface area contributed by atoms with Crippen molar-refractivity contribution >= 4 is 18.3 Å². The van der Waals surface area contributed by atoms with Crippen LogP contribution in [0.3, 0.4) is 0 Å². The van der Waals surface area contributed by atoms with Crippen LogP contribution in [0.5, 0.6) is 0 Å². The quantitative estimate of drug-likeness (QED) is 0.191. The largest absolute Gasteiger partial charge is 2.00 e. The first-order chi connectivity index (χ1) is 8.08. The minimum absolute atomic E-state index is 0. The molecule has 0 aromatic carbocycles. The van der Waals surface area contributed by atoms with Crippen molar-refractivity contribution in [2.45, 2.75) is 12.8 Å². The maximum absolute atomic E-state index is 9.20. The van der Waals surface area contributed by atoms with Gasteiger partial charge >= 0.3 is 17.1 Å². The van der Waals surface area contributed by atoms with Gasteiger partial charge in [-0.15, -0.1) is 0 Å². The molecule has 0 bridgehead atoms. The van der Waals surface area contributed by atoms with Gasteiger partial charge in [-0.1, -0.05) is 0 Å². The molecule has 12 N–H and O–H groups in total. The fourth-order valence-corrected chi connectivity index (χ4v) is 0.236. The van der Waals surface area contributed by atoms with E-state index in [-0.39, 0.29) is 28.0 Å². The van der Waals surface area contributed by atoms with E-state index in [0.29, 0.717) is 0 Å². The van der Waals surface area contributed by atoms with Gasteiger partial charge in [0.2, 0.25) is 0 Å². The Kier molecular flexibility index (Phi) is 39.8. The second-order valence-electron chi connectivity index (χ2n) is 2.68. The van der Waals surface area contributed by atoms with Crippen LogP contribution in [-0.2, 0) is 35.4 Å². The van der Waals surface area contributed by atoms with Crippen LogP contribution >= 0.6 is 0 Å². The van der Waals surface area contributed by atoms with Crippen molar-refractivity contribution < 1.29 is 54.0 Å². The van der Waals surface area contributed by atoms with Gasteiger partial charge in [-0.3, -0.25) is 0 Å². The summed E-state index contributed by atoms with van der Waals surface area (Å²) in [6.07, 6.45) is 1.89. The second kappa shape index (κ2) is 22.4. The van der Waals surface area contributed by atoms with Crippen molar-refractivity contribution in [3.8, 4) is 0 Å². The molecule has 0 atom stereocenters. The predicted octanol–water partition coefficient (Wildman–Crippen LogP) is -5.07. The van der Waals surface area contributed by atoms with E-state index < -0.39 is 18.3 Å². The molecular formula is C6H24CuN4O8S2. The number of nitrogens with two attached hydrogens (primary N) is 4. The number of hydrogen-bond acceptors (Lipinski definition) is 10. The van der Waals surface area contributed by atoms with Gasteiger partial charge in [-0.25, -0.2) is 16.8 Å². The van der Waals surface area contributed by atoms with Crippen molar-refractivity contribution in [2.75, 3.05) is 26.2 Å². The first kappa shape index (κ1) is 37.4. The van der Waals surface area contributed by atoms with Crippen molar-refractivity contribution in [2.24, 2.45) is 22.9 Å². The molecule has 0 spiro atoms. The molecule has 0 saturated carbocycles. The molecule has 12 nitrogen and oxygen atoms in total. The van der Waals surface area contributed by atoms with Gasteiger partial charge < -0.3 is 43.0 Å². The zero-order valence-corrected chi connectivity index (χ0v) is 13.7. The zero-order valence-electron chi connectivity index (χ0n) is 11.1. The molecular weight excluding hydrogens is 384 g/mol. The van der Waals surface area contributed by atoms with E-state index in [1.54, 1.807) is 0 Å². The molecule has 0 heterocycles. The van der Waals surface area contributed by atoms with Gasteiger partial charge in [0.05, 0.1) is 0 Å². The Morgan fingerprint density at radius 2 is 0.762 bits per heavy atom. The van der Waals surface area contributed by atoms with E-state index in [1.807, 2.05) is 0 Å². The summed E-state index contributed by atoms with van der Waals surface area (Å²) in [5, 5.41) is 0. The third-order valence-corrected chi connectivity index (χ3v) is 3.07. The minimum Gasteiger partial charge on any atom is -0.736 e. The second-order valence-corrected chi connectivity index (χ2v) is 6.76. The molecule has 0 aromatic rings. The maximum Gasteiger partial charge on any atom is 2.00 e. The SMILES string of the molecule is NCCCN.NCCCN.O.O.O=S(=O)([O-])S(=O)(=O)[O-].[Cu+2]. The van der Waals surface area contributed by atoms with Crippen LogP contribution in [0.25, 0.3) is 0 Å². The van der Waals surface area contributed by atoms with Crippen LogP contribution in [0.4, 0.5) is 0 Å². The fourth-order valence-electron chi connectivity index (χ4n) is 0.236. The molecule has 0 aromatic heterocycles. The van der Waals surface area contributed by atoms with Gasteiger partial charge in [0, 0.05) is 0 Å². The van der Waals surface area contributed by atoms with Gasteiger partial charge in [-0.2, -0.15) is 0 Å². The van der Waals surface area contributed by atoms with Crippen molar-refractivity contribution in [3.05, 3.63) is 0 Å². The normalized spacial score (nSPS) is 9.24. The molecule has 139 valence electrons. The Morgan fingerprint density at radius 1 is 0.619 bits per heavy atom. The average molecular weight is 408 g/mol. The van der Waals surface area contributed by atoms with Crippen molar-refractivity contribution in [1.82, 2.24) is 0 Å². The molecule has 0 saturated heterocycles. The Balaban J connectivity index is -0.0000000389. The van der Waals surface area contributed by atoms with E-state index in [4.69, 9.17) is 22.9 Å². The van der Waals surface area contributed by atoms with Crippen LogP contribution in [0, 0.1) is 0 Å². The summed E-state index contributed by atoms with van der Waals surface area (Å²) >= 11 is 0. The molecule has 0 rings (SSSR count). The van der Waals surface area contributed by atoms with Crippen LogP contribution < -0.4 is 22.9 Å². The maximum atomic E-state index is 9.20. The van der Waals surface area contributed by atoms with Crippen LogP contribution in [0.1, 0.15) is 12.8 Å². The Bertz CT molecular complexity index is 323. The van der Waals surface area contributed by atoms with Crippen LogP contribution in [0.15, 0.2) is 0 Å². The summed E-state index contributed by atoms with van der Waals surface area (Å²) in [6.45, 7) is 2.88. The molecule has 15 heteroatoms. The third-order valence-electron chi connectivity index (χ3n) is 1.07. The molecule has 1 radical (unpaired) electrons. The van der Waals surface area contributed by atoms with Crippen molar-refractivity contribution in [3.63, 3.8) is 0 Å². The van der Waals surface area contributed by atoms with Crippen LogP contribution in [-0.4, -0.2) is 63.1 Å². The monoisotopic (exact) mass is 407 g/mol. The number of rotatable bonds is 5. The van der Waals surface area contributed by atoms with E-state index in [1.165, 1.54) is 0 Å². The molecule has 0 unspecified atom stereocenters. The average Bonchev–Trinajstić information content (AvgIpc) is 2.19. The van der Waals surface area contributed by atoms with E-state index in [0.717, 1.165) is 39.0 Å². The summed E-state index contributed by atoms with van der Waals surface area (Å²) in [5.41, 5.74) is 20.2. The van der Waals surface area contributed by atoms with Gasteiger partial charge in [0.25, 0.3) is 0 Å². The van der Waals surface area contributed by atoms with E-state index in [2.05, 4.69) is 0 Å². The molecule has 0 aliphatic heterocycles. The van der Waals surface area contributed by atoms with Gasteiger partial charge in [-0.05, 0) is 39.0 Å². The summed E-state index contributed by atoms with van der Waals surface area (Å²) < 4.78 is 55.2. The Morgan fingerprint density at radius 3 is 0.762 bits per heavy atom. The zero-order chi connectivity index (χ0) is 15.2. The van der Waals surface area contributed by atoms with Crippen LogP contribution in [0.2, 0.25) is 0 Å². The first-order valence-electron chi connectivity index (χ1n) is 4.80. The minimum atomic E-state index is -5.67. The van der Waals surface area contributed by atoms with Gasteiger partial charge in [0.15, 0.2) is 18.3 Å². The third kappa shape index (κ3) is 38.4. The standard InChI is InChI=1S/2C3H10N2.Cu.H2O6S2.2H2O/c2*4-2-1-3-5;;1-7(2,3)8(4,5)6;;/h2*1-5H2;;(H,1,2,3)(H,4,5,6);2*1H2/q;;+2;;;/p-2. The fraction of sp³-hybridized carbons (Fsp3) is 1.00. The smallest absolute Gasteiger partial charge is 0.736 e. The van der Waals surface area contributed by atoms with Gasteiger partial charge in [0.1, 0.15) is 0 Å². The Hall–Kier alpha value is 0.0995. The van der Waals surface area contributed by atoms with Crippen molar-refractivity contribution in [1.29, 1.82) is 0 Å². The molecule has 0 fully saturated rings.